The molecule has 0 radical (unpaired) electrons. The highest BCUT2D eigenvalue weighted by Gasteiger charge is 2.28. The molecule has 0 atom stereocenters. The molecule has 2 N–H and O–H groups in total. The van der Waals surface area contributed by atoms with Crippen molar-refractivity contribution < 1.29 is 13.5 Å². The maximum atomic E-state index is 13.3. The van der Waals surface area contributed by atoms with E-state index < -0.39 is 10.0 Å². The summed E-state index contributed by atoms with van der Waals surface area (Å²) in [4.78, 5) is 4.01. The number of sulfonamides is 1. The lowest BCUT2D eigenvalue weighted by Crippen LogP contribution is -2.30. The van der Waals surface area contributed by atoms with Gasteiger partial charge in [0.15, 0.2) is 10.6 Å². The lowest BCUT2D eigenvalue weighted by molar-refractivity contribution is 0.431. The van der Waals surface area contributed by atoms with Gasteiger partial charge >= 0.3 is 0 Å². The summed E-state index contributed by atoms with van der Waals surface area (Å²) >= 11 is 1.16. The standard InChI is InChI=1S/C22H24N6O3S2/c1-4-23-16-11-7-9-14-19(16)17(13-18(20(14)29)33(30,31)28(5-2)6-3)25-26-22-15-10-8-12-24-21(15)27-32-22/h7-13,23,29H,4-6H2,1-3H3/b26-25+. The molecule has 0 amide bonds. The van der Waals surface area contributed by atoms with Gasteiger partial charge in [0, 0.05) is 42.3 Å². The summed E-state index contributed by atoms with van der Waals surface area (Å²) in [7, 11) is -3.94. The first-order chi connectivity index (χ1) is 15.9. The van der Waals surface area contributed by atoms with Crippen LogP contribution in [0.5, 0.6) is 5.75 Å². The maximum absolute atomic E-state index is 13.3. The number of nitrogens with one attached hydrogen (secondary N) is 1. The fourth-order valence-corrected chi connectivity index (χ4v) is 5.91. The molecule has 0 saturated carbocycles. The summed E-state index contributed by atoms with van der Waals surface area (Å²) in [5, 5.41) is 25.4. The number of hydrogen-bond acceptors (Lipinski definition) is 9. The quantitative estimate of drug-likeness (QED) is 0.322. The highest BCUT2D eigenvalue weighted by Crippen LogP contribution is 2.43. The number of aromatic hydroxyl groups is 1. The van der Waals surface area contributed by atoms with Crippen LogP contribution in [-0.4, -0.2) is 46.8 Å². The van der Waals surface area contributed by atoms with E-state index in [-0.39, 0.29) is 23.7 Å². The highest BCUT2D eigenvalue weighted by molar-refractivity contribution is 7.89. The van der Waals surface area contributed by atoms with Gasteiger partial charge in [-0.1, -0.05) is 26.0 Å². The molecule has 0 unspecified atom stereocenters. The van der Waals surface area contributed by atoms with Gasteiger partial charge in [-0.05, 0) is 42.7 Å². The number of hydrogen-bond donors (Lipinski definition) is 2. The first-order valence-corrected chi connectivity index (χ1v) is 12.8. The van der Waals surface area contributed by atoms with Crippen molar-refractivity contribution in [3.05, 3.63) is 42.6 Å². The first-order valence-electron chi connectivity index (χ1n) is 10.6. The molecular weight excluding hydrogens is 460 g/mol. The Kier molecular flexibility index (Phi) is 6.54. The van der Waals surface area contributed by atoms with Gasteiger partial charge in [-0.2, -0.15) is 8.68 Å². The van der Waals surface area contributed by atoms with Gasteiger partial charge in [-0.3, -0.25) is 0 Å². The lowest BCUT2D eigenvalue weighted by atomic mass is 10.1. The number of benzene rings is 2. The molecule has 0 spiro atoms. The minimum atomic E-state index is -3.94. The number of azo groups is 1. The van der Waals surface area contributed by atoms with E-state index in [9.17, 15) is 13.5 Å². The summed E-state index contributed by atoms with van der Waals surface area (Å²) in [5.74, 6) is -0.303. The van der Waals surface area contributed by atoms with Crippen molar-refractivity contribution in [1.82, 2.24) is 13.7 Å². The molecule has 33 heavy (non-hydrogen) atoms. The number of phenols is 1. The zero-order valence-corrected chi connectivity index (χ0v) is 20.1. The average molecular weight is 485 g/mol. The van der Waals surface area contributed by atoms with Crippen LogP contribution in [0.25, 0.3) is 21.8 Å². The predicted molar refractivity (Wildman–Crippen MR) is 131 cm³/mol. The normalized spacial score (nSPS) is 12.4. The van der Waals surface area contributed by atoms with E-state index in [4.69, 9.17) is 0 Å². The monoisotopic (exact) mass is 484 g/mol. The zero-order valence-electron chi connectivity index (χ0n) is 18.5. The van der Waals surface area contributed by atoms with Gasteiger partial charge in [0.1, 0.15) is 10.6 Å². The van der Waals surface area contributed by atoms with Crippen molar-refractivity contribution in [3.63, 3.8) is 0 Å². The Hall–Kier alpha value is -3.15. The van der Waals surface area contributed by atoms with Crippen LogP contribution in [0.2, 0.25) is 0 Å². The summed E-state index contributed by atoms with van der Waals surface area (Å²) in [6, 6.07) is 10.3. The second-order valence-electron chi connectivity index (χ2n) is 7.15. The second-order valence-corrected chi connectivity index (χ2v) is 9.81. The Balaban J connectivity index is 1.97. The maximum Gasteiger partial charge on any atom is 0.246 e. The number of aromatic nitrogens is 2. The molecule has 2 aromatic heterocycles. The number of nitrogens with zero attached hydrogens (tertiary/aromatic N) is 5. The van der Waals surface area contributed by atoms with E-state index in [1.165, 1.54) is 10.4 Å². The molecule has 0 saturated heterocycles. The molecule has 9 nitrogen and oxygen atoms in total. The molecule has 0 fully saturated rings. The third-order valence-electron chi connectivity index (χ3n) is 5.25. The SMILES string of the molecule is CCNc1cccc2c(O)c(S(=O)(=O)N(CC)CC)cc(/N=N/c3snc4ncccc34)c12. The Morgan fingerprint density at radius 1 is 1.09 bits per heavy atom. The smallest absolute Gasteiger partial charge is 0.246 e. The van der Waals surface area contributed by atoms with Gasteiger partial charge in [0.2, 0.25) is 10.0 Å². The summed E-state index contributed by atoms with van der Waals surface area (Å²) in [6.45, 7) is 6.67. The number of pyridine rings is 1. The van der Waals surface area contributed by atoms with Crippen LogP contribution >= 0.6 is 11.5 Å². The molecule has 4 aromatic rings. The van der Waals surface area contributed by atoms with Crippen molar-refractivity contribution in [2.45, 2.75) is 25.7 Å². The molecule has 2 aromatic carbocycles. The minimum Gasteiger partial charge on any atom is -0.506 e. The van der Waals surface area contributed by atoms with E-state index in [0.29, 0.717) is 33.7 Å². The van der Waals surface area contributed by atoms with Crippen LogP contribution in [0.1, 0.15) is 20.8 Å². The summed E-state index contributed by atoms with van der Waals surface area (Å²) < 4.78 is 32.2. The van der Waals surface area contributed by atoms with Crippen LogP contribution in [0, 0.1) is 0 Å². The Bertz CT molecular complexity index is 1450. The molecule has 0 aliphatic rings. The van der Waals surface area contributed by atoms with E-state index in [1.54, 1.807) is 38.2 Å². The van der Waals surface area contributed by atoms with E-state index in [1.807, 2.05) is 19.1 Å². The summed E-state index contributed by atoms with van der Waals surface area (Å²) in [5.41, 5.74) is 1.63. The minimum absolute atomic E-state index is 0.197. The van der Waals surface area contributed by atoms with E-state index in [0.717, 1.165) is 22.6 Å². The van der Waals surface area contributed by atoms with Gasteiger partial charge in [-0.15, -0.1) is 10.2 Å². The lowest BCUT2D eigenvalue weighted by Gasteiger charge is -2.20. The van der Waals surface area contributed by atoms with Crippen LogP contribution in [0.15, 0.2) is 57.7 Å². The van der Waals surface area contributed by atoms with Crippen molar-refractivity contribution in [1.29, 1.82) is 0 Å². The summed E-state index contributed by atoms with van der Waals surface area (Å²) in [6.07, 6.45) is 1.66. The number of fused-ring (bicyclic) bond motifs is 2. The van der Waals surface area contributed by atoms with Crippen molar-refractivity contribution in [2.75, 3.05) is 25.0 Å². The van der Waals surface area contributed by atoms with Gasteiger partial charge in [-0.25, -0.2) is 13.4 Å². The number of rotatable bonds is 8. The second kappa shape index (κ2) is 9.38. The number of phenolic OH excluding ortho intramolecular Hbond substituents is 1. The topological polar surface area (TPSA) is 120 Å². The van der Waals surface area contributed by atoms with Crippen LogP contribution in [0.3, 0.4) is 0 Å². The molecule has 0 bridgehead atoms. The first kappa shape index (κ1) is 23.0. The Labute approximate surface area is 196 Å². The fraction of sp³-hybridized carbons (Fsp3) is 0.273. The van der Waals surface area contributed by atoms with Crippen LogP contribution < -0.4 is 5.32 Å². The van der Waals surface area contributed by atoms with E-state index >= 15 is 0 Å². The largest absolute Gasteiger partial charge is 0.506 e. The molecular formula is C22H24N6O3S2. The molecule has 172 valence electrons. The molecule has 2 heterocycles. The third-order valence-corrected chi connectivity index (χ3v) is 8.05. The third kappa shape index (κ3) is 4.14. The van der Waals surface area contributed by atoms with Gasteiger partial charge in [0.25, 0.3) is 0 Å². The zero-order chi connectivity index (χ0) is 23.6. The predicted octanol–water partition coefficient (Wildman–Crippen LogP) is 5.43. The highest BCUT2D eigenvalue weighted by atomic mass is 32.2. The van der Waals surface area contributed by atoms with Crippen molar-refractivity contribution in [3.8, 4) is 5.75 Å². The van der Waals surface area contributed by atoms with Gasteiger partial charge in [0.05, 0.1) is 11.1 Å². The molecule has 11 heteroatoms. The Morgan fingerprint density at radius 3 is 2.58 bits per heavy atom. The molecule has 0 aliphatic carbocycles. The average Bonchev–Trinajstić information content (AvgIpc) is 3.23. The fourth-order valence-electron chi connectivity index (χ4n) is 3.68. The van der Waals surface area contributed by atoms with Gasteiger partial charge < -0.3 is 10.4 Å². The number of anilines is 1. The molecule has 0 aliphatic heterocycles. The van der Waals surface area contributed by atoms with E-state index in [2.05, 4.69) is 24.9 Å². The Morgan fingerprint density at radius 2 is 1.85 bits per heavy atom. The van der Waals surface area contributed by atoms with Crippen molar-refractivity contribution in [2.24, 2.45) is 10.2 Å². The van der Waals surface area contributed by atoms with Crippen LogP contribution in [-0.2, 0) is 10.0 Å². The van der Waals surface area contributed by atoms with Crippen LogP contribution in [0.4, 0.5) is 16.4 Å². The van der Waals surface area contributed by atoms with Crippen molar-refractivity contribution >= 4 is 59.7 Å². The molecule has 4 rings (SSSR count).